The van der Waals surface area contributed by atoms with Gasteiger partial charge in [0.05, 0.1) is 32.9 Å². The second kappa shape index (κ2) is 10.1. The summed E-state index contributed by atoms with van der Waals surface area (Å²) in [6.45, 7) is 7.84. The van der Waals surface area contributed by atoms with Gasteiger partial charge in [0.1, 0.15) is 5.65 Å². The fraction of sp³-hybridized carbons (Fsp3) is 0.414. The van der Waals surface area contributed by atoms with E-state index in [1.165, 1.54) is 5.57 Å². The van der Waals surface area contributed by atoms with Crippen molar-refractivity contribution in [1.29, 1.82) is 0 Å². The number of likely N-dealkylation sites (tertiary alicyclic amines) is 1. The monoisotopic (exact) mass is 530 g/mol. The predicted octanol–water partition coefficient (Wildman–Crippen LogP) is 5.01. The van der Waals surface area contributed by atoms with E-state index in [-0.39, 0.29) is 12.0 Å². The van der Waals surface area contributed by atoms with Crippen LogP contribution in [-0.2, 0) is 4.79 Å². The van der Waals surface area contributed by atoms with Crippen LogP contribution >= 0.6 is 11.3 Å². The lowest BCUT2D eigenvalue weighted by atomic mass is 9.89. The quantitative estimate of drug-likeness (QED) is 0.324. The molecule has 0 radical (unpaired) electrons. The van der Waals surface area contributed by atoms with Crippen LogP contribution in [0, 0.1) is 5.41 Å². The summed E-state index contributed by atoms with van der Waals surface area (Å²) in [5, 5.41) is 14.4. The van der Waals surface area contributed by atoms with Crippen molar-refractivity contribution in [3.8, 4) is 0 Å². The Morgan fingerprint density at radius 2 is 2.03 bits per heavy atom. The zero-order valence-corrected chi connectivity index (χ0v) is 22.7. The minimum atomic E-state index is -0.457. The molecule has 3 aromatic heterocycles. The molecular weight excluding hydrogens is 496 g/mol. The number of pyridine rings is 1. The number of anilines is 2. The number of nitrogens with zero attached hydrogens (tertiary/aromatic N) is 4. The summed E-state index contributed by atoms with van der Waals surface area (Å²) in [6.07, 6.45) is 6.17. The van der Waals surface area contributed by atoms with Gasteiger partial charge in [0.2, 0.25) is 5.91 Å². The van der Waals surface area contributed by atoms with Crippen molar-refractivity contribution in [1.82, 2.24) is 24.8 Å². The molecule has 1 saturated heterocycles. The number of hydrogen-bond donors (Lipinski definition) is 3. The Balaban J connectivity index is 1.15. The van der Waals surface area contributed by atoms with Crippen LogP contribution in [0.25, 0.3) is 26.8 Å². The van der Waals surface area contributed by atoms with Gasteiger partial charge in [0, 0.05) is 55.7 Å². The van der Waals surface area contributed by atoms with Crippen molar-refractivity contribution < 1.29 is 9.90 Å². The zero-order chi connectivity index (χ0) is 26.3. The summed E-state index contributed by atoms with van der Waals surface area (Å²) < 4.78 is 1.15. The van der Waals surface area contributed by atoms with E-state index in [1.54, 1.807) is 11.3 Å². The standard InChI is InChI=1S/C29H34N6O2S/c1-29(2,17-34-11-8-21(36)9-12-34)28(37)35-13-6-19(7-14-35)25-16-22-23(5-10-30-27(22)33-25)32-20-3-4-24-26(15-20)38-18-31-24/h3-6,10,15-16,18,21,36H,7-9,11-14,17H2,1-2H3,(H2,30,32,33). The third-order valence-corrected chi connectivity index (χ3v) is 8.53. The topological polar surface area (TPSA) is 97.4 Å². The maximum atomic E-state index is 13.4. The Labute approximate surface area is 226 Å². The number of hydrogen-bond acceptors (Lipinski definition) is 7. The summed E-state index contributed by atoms with van der Waals surface area (Å²) >= 11 is 1.63. The van der Waals surface area contributed by atoms with Crippen LogP contribution < -0.4 is 5.32 Å². The minimum Gasteiger partial charge on any atom is -0.393 e. The van der Waals surface area contributed by atoms with Crippen LogP contribution in [0.3, 0.4) is 0 Å². The first-order chi connectivity index (χ1) is 18.4. The molecule has 0 aliphatic carbocycles. The molecule has 1 aromatic carbocycles. The van der Waals surface area contributed by atoms with E-state index in [0.717, 1.165) is 77.2 Å². The number of rotatable bonds is 6. The van der Waals surface area contributed by atoms with Gasteiger partial charge >= 0.3 is 0 Å². The van der Waals surface area contributed by atoms with E-state index in [9.17, 15) is 9.90 Å². The van der Waals surface area contributed by atoms with Crippen LogP contribution in [0.15, 0.2) is 48.1 Å². The van der Waals surface area contributed by atoms with Gasteiger partial charge in [-0.05, 0) is 69.0 Å². The molecule has 0 bridgehead atoms. The predicted molar refractivity (Wildman–Crippen MR) is 154 cm³/mol. The van der Waals surface area contributed by atoms with Crippen LogP contribution in [-0.4, -0.2) is 74.6 Å². The Kier molecular flexibility index (Phi) is 6.67. The molecule has 5 heterocycles. The van der Waals surface area contributed by atoms with E-state index in [4.69, 9.17) is 0 Å². The fourth-order valence-electron chi connectivity index (χ4n) is 5.63. The van der Waals surface area contributed by atoms with Crippen LogP contribution in [0.5, 0.6) is 0 Å². The highest BCUT2D eigenvalue weighted by molar-refractivity contribution is 7.16. The van der Waals surface area contributed by atoms with Crippen LogP contribution in [0.4, 0.5) is 11.4 Å². The average Bonchev–Trinajstić information content (AvgIpc) is 3.57. The van der Waals surface area contributed by atoms with Crippen molar-refractivity contribution in [2.75, 3.05) is 38.0 Å². The van der Waals surface area contributed by atoms with E-state index >= 15 is 0 Å². The molecule has 6 rings (SSSR count). The summed E-state index contributed by atoms with van der Waals surface area (Å²) in [4.78, 5) is 30.1. The van der Waals surface area contributed by atoms with Gasteiger partial charge in [-0.15, -0.1) is 11.3 Å². The highest BCUT2D eigenvalue weighted by atomic mass is 32.1. The number of nitrogens with one attached hydrogen (secondary N) is 2. The summed E-state index contributed by atoms with van der Waals surface area (Å²) in [5.41, 5.74) is 7.55. The number of aromatic amines is 1. The summed E-state index contributed by atoms with van der Waals surface area (Å²) in [5.74, 6) is 0.196. The van der Waals surface area contributed by atoms with E-state index in [0.29, 0.717) is 13.1 Å². The molecule has 1 amide bonds. The second-order valence-corrected chi connectivity index (χ2v) is 12.0. The Bertz CT molecular complexity index is 1500. The van der Waals surface area contributed by atoms with E-state index < -0.39 is 5.41 Å². The maximum absolute atomic E-state index is 13.4. The molecule has 2 aliphatic rings. The molecule has 3 N–H and O–H groups in total. The Hall–Kier alpha value is -3.27. The molecule has 198 valence electrons. The molecular formula is C29H34N6O2S. The number of fused-ring (bicyclic) bond motifs is 2. The van der Waals surface area contributed by atoms with Gasteiger partial charge in [0.25, 0.3) is 0 Å². The molecule has 0 spiro atoms. The third kappa shape index (κ3) is 5.06. The van der Waals surface area contributed by atoms with Crippen LogP contribution in [0.2, 0.25) is 0 Å². The third-order valence-electron chi connectivity index (χ3n) is 7.74. The number of thiazole rings is 1. The molecule has 38 heavy (non-hydrogen) atoms. The molecule has 8 nitrogen and oxygen atoms in total. The van der Waals surface area contributed by atoms with Gasteiger partial charge in [0.15, 0.2) is 0 Å². The van der Waals surface area contributed by atoms with Crippen molar-refractivity contribution in [3.05, 3.63) is 53.8 Å². The summed E-state index contributed by atoms with van der Waals surface area (Å²) in [6, 6.07) is 10.4. The smallest absolute Gasteiger partial charge is 0.229 e. The van der Waals surface area contributed by atoms with E-state index in [2.05, 4.69) is 43.4 Å². The first-order valence-corrected chi connectivity index (χ1v) is 14.2. The van der Waals surface area contributed by atoms with Crippen LogP contribution in [0.1, 0.15) is 38.8 Å². The minimum absolute atomic E-state index is 0.196. The molecule has 4 aromatic rings. The lowest BCUT2D eigenvalue weighted by molar-refractivity contribution is -0.141. The number of aliphatic hydroxyl groups excluding tert-OH is 1. The number of piperidine rings is 1. The normalized spacial score (nSPS) is 17.8. The SMILES string of the molecule is CC(C)(CN1CCC(O)CC1)C(=O)N1CC=C(c2cc3c(Nc4ccc5ncsc5c4)ccnc3[nH]2)CC1. The first-order valence-electron chi connectivity index (χ1n) is 13.3. The molecule has 0 unspecified atom stereocenters. The highest BCUT2D eigenvalue weighted by Crippen LogP contribution is 2.32. The second-order valence-electron chi connectivity index (χ2n) is 11.1. The highest BCUT2D eigenvalue weighted by Gasteiger charge is 2.35. The first kappa shape index (κ1) is 25.0. The summed E-state index contributed by atoms with van der Waals surface area (Å²) in [7, 11) is 0. The fourth-order valence-corrected chi connectivity index (χ4v) is 6.34. The largest absolute Gasteiger partial charge is 0.393 e. The van der Waals surface area contributed by atoms with Gasteiger partial charge in [-0.25, -0.2) is 9.97 Å². The maximum Gasteiger partial charge on any atom is 0.229 e. The van der Waals surface area contributed by atoms with Gasteiger partial charge in [-0.3, -0.25) is 4.79 Å². The van der Waals surface area contributed by atoms with Crippen molar-refractivity contribution in [3.63, 3.8) is 0 Å². The number of carbonyl (C=O) groups is 1. The average molecular weight is 531 g/mol. The molecule has 1 fully saturated rings. The van der Waals surface area contributed by atoms with Crippen molar-refractivity contribution in [2.45, 2.75) is 39.2 Å². The van der Waals surface area contributed by atoms with Crippen molar-refractivity contribution in [2.24, 2.45) is 5.41 Å². The molecule has 2 aliphatic heterocycles. The molecule has 9 heteroatoms. The Morgan fingerprint density at radius 3 is 2.82 bits per heavy atom. The molecule has 0 saturated carbocycles. The van der Waals surface area contributed by atoms with Gasteiger partial charge in [-0.2, -0.15) is 0 Å². The molecule has 0 atom stereocenters. The number of amides is 1. The van der Waals surface area contributed by atoms with E-state index in [1.807, 2.05) is 48.7 Å². The lowest BCUT2D eigenvalue weighted by Gasteiger charge is -2.38. The number of carbonyl (C=O) groups excluding carboxylic acids is 1. The number of aromatic nitrogens is 3. The Morgan fingerprint density at radius 1 is 1.18 bits per heavy atom. The van der Waals surface area contributed by atoms with Gasteiger partial charge < -0.3 is 25.2 Å². The zero-order valence-electron chi connectivity index (χ0n) is 21.9. The lowest BCUT2D eigenvalue weighted by Crippen LogP contribution is -2.49. The number of benzene rings is 1. The van der Waals surface area contributed by atoms with Gasteiger partial charge in [-0.1, -0.05) is 6.08 Å². The number of H-pyrrole nitrogens is 1. The van der Waals surface area contributed by atoms with Crippen molar-refractivity contribution >= 4 is 55.4 Å². The number of aliphatic hydroxyl groups is 1.